The second kappa shape index (κ2) is 5.12. The summed E-state index contributed by atoms with van der Waals surface area (Å²) < 4.78 is 0. The normalized spacial score (nSPS) is 20.8. The highest BCUT2D eigenvalue weighted by atomic mass is 31.2. The summed E-state index contributed by atoms with van der Waals surface area (Å²) in [5.74, 6) is 2.64. The molecular weight excluding hydrogens is 187 g/mol. The van der Waals surface area contributed by atoms with E-state index in [0.29, 0.717) is 0 Å². The van der Waals surface area contributed by atoms with Gasteiger partial charge in [-0.15, -0.1) is 0 Å². The van der Waals surface area contributed by atoms with E-state index in [9.17, 15) is 0 Å². The number of allylic oxidation sites excluding steroid dienone is 2. The van der Waals surface area contributed by atoms with Crippen molar-refractivity contribution in [2.24, 2.45) is 0 Å². The first-order valence-corrected chi connectivity index (χ1v) is 8.34. The first kappa shape index (κ1) is 12.0. The van der Waals surface area contributed by atoms with Crippen molar-refractivity contribution in [3.05, 3.63) is 23.5 Å². The van der Waals surface area contributed by atoms with Crippen LogP contribution in [0.3, 0.4) is 0 Å². The SMILES string of the molecule is C=C1CCC/C1=C/[P+](CC)(CC)CC. The van der Waals surface area contributed by atoms with E-state index < -0.39 is 7.26 Å². The Hall–Kier alpha value is -0.0900. The monoisotopic (exact) mass is 211 g/mol. The Morgan fingerprint density at radius 1 is 1.14 bits per heavy atom. The average Bonchev–Trinajstić information content (AvgIpc) is 2.61. The van der Waals surface area contributed by atoms with E-state index in [2.05, 4.69) is 33.2 Å². The Balaban J connectivity index is 2.85. The van der Waals surface area contributed by atoms with Crippen LogP contribution in [-0.2, 0) is 0 Å². The molecule has 1 aliphatic rings. The lowest BCUT2D eigenvalue weighted by Gasteiger charge is -2.20. The first-order chi connectivity index (χ1) is 6.67. The maximum Gasteiger partial charge on any atom is 0.0622 e. The highest BCUT2D eigenvalue weighted by molar-refractivity contribution is 7.78. The zero-order valence-corrected chi connectivity index (χ0v) is 10.9. The van der Waals surface area contributed by atoms with Gasteiger partial charge in [0.2, 0.25) is 0 Å². The third-order valence-corrected chi connectivity index (χ3v) is 8.34. The Kier molecular flexibility index (Phi) is 4.38. The van der Waals surface area contributed by atoms with E-state index in [0.717, 1.165) is 0 Å². The third kappa shape index (κ3) is 2.48. The van der Waals surface area contributed by atoms with E-state index >= 15 is 0 Å². The minimum atomic E-state index is -0.748. The molecule has 1 rings (SSSR count). The first-order valence-electron chi connectivity index (χ1n) is 5.93. The van der Waals surface area contributed by atoms with Crippen molar-refractivity contribution in [2.45, 2.75) is 40.0 Å². The minimum Gasteiger partial charge on any atom is -0.0954 e. The van der Waals surface area contributed by atoms with Crippen LogP contribution >= 0.6 is 7.26 Å². The Labute approximate surface area is 89.8 Å². The molecule has 14 heavy (non-hydrogen) atoms. The number of hydrogen-bond acceptors (Lipinski definition) is 0. The van der Waals surface area contributed by atoms with Gasteiger partial charge in [0, 0.05) is 7.26 Å². The molecule has 0 nitrogen and oxygen atoms in total. The summed E-state index contributed by atoms with van der Waals surface area (Å²) in [5, 5.41) is 0. The summed E-state index contributed by atoms with van der Waals surface area (Å²) >= 11 is 0. The molecule has 0 unspecified atom stereocenters. The van der Waals surface area contributed by atoms with Crippen LogP contribution in [0.5, 0.6) is 0 Å². The van der Waals surface area contributed by atoms with Crippen LogP contribution < -0.4 is 0 Å². The van der Waals surface area contributed by atoms with E-state index in [4.69, 9.17) is 0 Å². The summed E-state index contributed by atoms with van der Waals surface area (Å²) in [6.45, 7) is 11.2. The maximum absolute atomic E-state index is 4.17. The van der Waals surface area contributed by atoms with Gasteiger partial charge >= 0.3 is 0 Å². The molecular formula is C13H24P+. The molecule has 0 saturated heterocycles. The molecule has 0 atom stereocenters. The van der Waals surface area contributed by atoms with Gasteiger partial charge in [0.05, 0.1) is 24.3 Å². The van der Waals surface area contributed by atoms with E-state index in [-0.39, 0.29) is 0 Å². The molecule has 1 heteroatoms. The Morgan fingerprint density at radius 2 is 1.71 bits per heavy atom. The fourth-order valence-electron chi connectivity index (χ4n) is 2.26. The van der Waals surface area contributed by atoms with Gasteiger partial charge in [-0.25, -0.2) is 0 Å². The van der Waals surface area contributed by atoms with Crippen molar-refractivity contribution in [2.75, 3.05) is 18.5 Å². The molecule has 0 amide bonds. The molecule has 0 spiro atoms. The van der Waals surface area contributed by atoms with Crippen LogP contribution in [0.15, 0.2) is 23.5 Å². The molecule has 0 N–H and O–H groups in total. The van der Waals surface area contributed by atoms with Gasteiger partial charge in [-0.3, -0.25) is 0 Å². The van der Waals surface area contributed by atoms with Gasteiger partial charge in [0.25, 0.3) is 0 Å². The summed E-state index contributed by atoms with van der Waals surface area (Å²) in [6, 6.07) is 0. The Morgan fingerprint density at radius 3 is 2.07 bits per heavy atom. The number of rotatable bonds is 4. The van der Waals surface area contributed by atoms with Crippen molar-refractivity contribution < 1.29 is 0 Å². The molecule has 0 radical (unpaired) electrons. The standard InChI is InChI=1S/C13H24P/c1-5-14(6-2,7-3)11-13-10-8-9-12(13)4/h11H,4-10H2,1-3H3/q+1/b13-11-. The molecule has 0 aromatic rings. The average molecular weight is 211 g/mol. The van der Waals surface area contributed by atoms with Crippen molar-refractivity contribution >= 4 is 7.26 Å². The van der Waals surface area contributed by atoms with Crippen LogP contribution in [0.2, 0.25) is 0 Å². The molecule has 0 heterocycles. The molecule has 0 bridgehead atoms. The summed E-state index contributed by atoms with van der Waals surface area (Å²) in [4.78, 5) is 0. The largest absolute Gasteiger partial charge is 0.0954 e. The number of hydrogen-bond donors (Lipinski definition) is 0. The summed E-state index contributed by atoms with van der Waals surface area (Å²) in [5.41, 5.74) is 3.02. The smallest absolute Gasteiger partial charge is 0.0622 e. The topological polar surface area (TPSA) is 0 Å². The lowest BCUT2D eigenvalue weighted by Crippen LogP contribution is -2.00. The zero-order chi connectivity index (χ0) is 10.6. The van der Waals surface area contributed by atoms with Crippen LogP contribution in [0.1, 0.15) is 40.0 Å². The molecule has 80 valence electrons. The maximum atomic E-state index is 4.17. The van der Waals surface area contributed by atoms with Crippen molar-refractivity contribution in [3.63, 3.8) is 0 Å². The third-order valence-electron chi connectivity index (χ3n) is 3.70. The molecule has 0 aromatic heterocycles. The summed E-state index contributed by atoms with van der Waals surface area (Å²) in [6.07, 6.45) is 7.98. The predicted molar refractivity (Wildman–Crippen MR) is 69.6 cm³/mol. The van der Waals surface area contributed by atoms with Crippen LogP contribution in [-0.4, -0.2) is 18.5 Å². The Bertz CT molecular complexity index is 225. The van der Waals surface area contributed by atoms with Crippen LogP contribution in [0.25, 0.3) is 0 Å². The molecule has 1 fully saturated rings. The highest BCUT2D eigenvalue weighted by Gasteiger charge is 2.30. The van der Waals surface area contributed by atoms with Crippen molar-refractivity contribution in [3.8, 4) is 0 Å². The van der Waals surface area contributed by atoms with Gasteiger partial charge in [0.1, 0.15) is 0 Å². The van der Waals surface area contributed by atoms with Crippen molar-refractivity contribution in [1.82, 2.24) is 0 Å². The van der Waals surface area contributed by atoms with E-state index in [1.54, 1.807) is 5.57 Å². The van der Waals surface area contributed by atoms with Crippen LogP contribution in [0, 0.1) is 0 Å². The predicted octanol–water partition coefficient (Wildman–Crippen LogP) is 4.69. The van der Waals surface area contributed by atoms with Gasteiger partial charge in [-0.05, 0) is 51.2 Å². The minimum absolute atomic E-state index is 0.748. The second-order valence-corrected chi connectivity index (χ2v) is 8.87. The molecule has 0 aliphatic heterocycles. The lowest BCUT2D eigenvalue weighted by molar-refractivity contribution is 0.934. The van der Waals surface area contributed by atoms with Gasteiger partial charge in [0.15, 0.2) is 0 Å². The quantitative estimate of drug-likeness (QED) is 0.592. The lowest BCUT2D eigenvalue weighted by atomic mass is 10.2. The van der Waals surface area contributed by atoms with Gasteiger partial charge in [-0.1, -0.05) is 6.58 Å². The van der Waals surface area contributed by atoms with Gasteiger partial charge < -0.3 is 0 Å². The van der Waals surface area contributed by atoms with Crippen molar-refractivity contribution in [1.29, 1.82) is 0 Å². The molecule has 1 saturated carbocycles. The molecule has 0 aromatic carbocycles. The van der Waals surface area contributed by atoms with E-state index in [1.165, 1.54) is 43.3 Å². The highest BCUT2D eigenvalue weighted by Crippen LogP contribution is 2.61. The van der Waals surface area contributed by atoms with Crippen LogP contribution in [0.4, 0.5) is 0 Å². The molecule has 1 aliphatic carbocycles. The van der Waals surface area contributed by atoms with Gasteiger partial charge in [-0.2, -0.15) is 0 Å². The second-order valence-electron chi connectivity index (χ2n) is 4.28. The fourth-order valence-corrected chi connectivity index (χ4v) is 5.12. The zero-order valence-electron chi connectivity index (χ0n) is 9.97. The summed E-state index contributed by atoms with van der Waals surface area (Å²) in [7, 11) is -0.748. The fraction of sp³-hybridized carbons (Fsp3) is 0.692. The van der Waals surface area contributed by atoms with E-state index in [1.807, 2.05) is 0 Å².